The molecule has 0 spiro atoms. The lowest BCUT2D eigenvalue weighted by Gasteiger charge is -2.23. The number of aromatic nitrogens is 2. The molecule has 0 saturated carbocycles. The quantitative estimate of drug-likeness (QED) is 0.124. The van der Waals surface area contributed by atoms with Crippen LogP contribution in [0.2, 0.25) is 0 Å². The average Bonchev–Trinajstić information content (AvgIpc) is 2.91. The summed E-state index contributed by atoms with van der Waals surface area (Å²) in [5.41, 5.74) is 0.901. The number of benzene rings is 1. The molecule has 204 valence electrons. The number of nitrogens with one attached hydrogen (secondary N) is 2. The number of carbonyl (C=O) groups excluding carboxylic acids is 2. The zero-order valence-corrected chi connectivity index (χ0v) is 22.0. The van der Waals surface area contributed by atoms with Crippen molar-refractivity contribution in [2.45, 2.75) is 38.0 Å². The van der Waals surface area contributed by atoms with Crippen molar-refractivity contribution in [3.63, 3.8) is 0 Å². The van der Waals surface area contributed by atoms with Gasteiger partial charge < -0.3 is 24.3 Å². The number of thioether (sulfide) groups is 1. The summed E-state index contributed by atoms with van der Waals surface area (Å²) in [7, 11) is 0. The lowest BCUT2D eigenvalue weighted by molar-refractivity contribution is -0.387. The number of hydrogen-bond acceptors (Lipinski definition) is 13. The average molecular weight is 548 g/mol. The molecular weight excluding hydrogens is 518 g/mol. The Labute approximate surface area is 223 Å². The number of rotatable bonds is 13. The first kappa shape index (κ1) is 28.7. The van der Waals surface area contributed by atoms with Crippen molar-refractivity contribution >= 4 is 29.4 Å². The van der Waals surface area contributed by atoms with Gasteiger partial charge in [-0.25, -0.2) is 4.79 Å². The van der Waals surface area contributed by atoms with Gasteiger partial charge >= 0.3 is 29.4 Å². The molecule has 2 N–H and O–H groups in total. The van der Waals surface area contributed by atoms with E-state index in [4.69, 9.17) is 18.9 Å². The minimum atomic E-state index is -0.736. The number of nitro groups is 1. The Kier molecular flexibility index (Phi) is 10.7. The third-order valence-corrected chi connectivity index (χ3v) is 5.62. The third-order valence-electron chi connectivity index (χ3n) is 5.08. The fourth-order valence-electron chi connectivity index (χ4n) is 3.47. The van der Waals surface area contributed by atoms with E-state index >= 15 is 0 Å². The van der Waals surface area contributed by atoms with Crippen molar-refractivity contribution in [1.82, 2.24) is 20.6 Å². The number of esters is 2. The van der Waals surface area contributed by atoms with E-state index in [1.807, 2.05) is 18.3 Å². The molecule has 0 bridgehead atoms. The van der Waals surface area contributed by atoms with Crippen LogP contribution < -0.4 is 20.1 Å². The summed E-state index contributed by atoms with van der Waals surface area (Å²) in [5.74, 6) is -1.56. The Bertz CT molecular complexity index is 1190. The molecule has 1 aromatic heterocycles. The molecule has 1 unspecified atom stereocenters. The maximum Gasteiger partial charge on any atom is 0.392 e. The monoisotopic (exact) mass is 547 g/mol. The maximum absolute atomic E-state index is 12.0. The van der Waals surface area contributed by atoms with E-state index < -0.39 is 29.1 Å². The fraction of sp³-hybridized carbons (Fsp3) is 0.417. The maximum atomic E-state index is 12.0. The lowest BCUT2D eigenvalue weighted by atomic mass is 10.0. The predicted molar refractivity (Wildman–Crippen MR) is 137 cm³/mol. The molecule has 14 heteroatoms. The third kappa shape index (κ3) is 8.05. The lowest BCUT2D eigenvalue weighted by Crippen LogP contribution is -2.34. The Hall–Kier alpha value is -3.91. The second-order valence-electron chi connectivity index (χ2n) is 7.75. The highest BCUT2D eigenvalue weighted by atomic mass is 32.2. The van der Waals surface area contributed by atoms with Crippen molar-refractivity contribution in [2.75, 3.05) is 32.6 Å². The number of aryl methyl sites for hydroxylation is 1. The summed E-state index contributed by atoms with van der Waals surface area (Å²) in [6.45, 7) is 3.85. The Balaban J connectivity index is 1.98. The number of ether oxygens (including phenoxy) is 4. The minimum absolute atomic E-state index is 0.133. The SMILES string of the molecule is CCOC(=O)CCc1cc(Oc2nc(SC)nc(OCC(=O)OCC)c2[N+](=O)[O-])cc(C2NC=CCN2)c1. The van der Waals surface area contributed by atoms with Crippen molar-refractivity contribution in [2.24, 2.45) is 0 Å². The summed E-state index contributed by atoms with van der Waals surface area (Å²) >= 11 is 1.12. The zero-order chi connectivity index (χ0) is 27.5. The molecule has 0 amide bonds. The van der Waals surface area contributed by atoms with Crippen molar-refractivity contribution in [3.05, 3.63) is 51.7 Å². The molecule has 0 fully saturated rings. The van der Waals surface area contributed by atoms with Gasteiger partial charge in [0, 0.05) is 13.0 Å². The fourth-order valence-corrected chi connectivity index (χ4v) is 3.82. The van der Waals surface area contributed by atoms with Gasteiger partial charge in [-0.05, 0) is 56.0 Å². The molecular formula is C24H29N5O8S. The van der Waals surface area contributed by atoms with Crippen molar-refractivity contribution < 1.29 is 33.5 Å². The van der Waals surface area contributed by atoms with E-state index in [0.717, 1.165) is 22.9 Å². The van der Waals surface area contributed by atoms with Crippen LogP contribution in [0.15, 0.2) is 35.6 Å². The van der Waals surface area contributed by atoms with E-state index in [-0.39, 0.29) is 48.6 Å². The zero-order valence-electron chi connectivity index (χ0n) is 21.2. The molecule has 38 heavy (non-hydrogen) atoms. The topological polar surface area (TPSA) is 164 Å². The number of nitrogens with zero attached hydrogens (tertiary/aromatic N) is 3. The Morgan fingerprint density at radius 2 is 1.87 bits per heavy atom. The van der Waals surface area contributed by atoms with Crippen LogP contribution in [0, 0.1) is 10.1 Å². The summed E-state index contributed by atoms with van der Waals surface area (Å²) in [6.07, 6.45) is 5.68. The van der Waals surface area contributed by atoms with Gasteiger partial charge in [0.05, 0.1) is 18.1 Å². The highest BCUT2D eigenvalue weighted by Gasteiger charge is 2.29. The van der Waals surface area contributed by atoms with Gasteiger partial charge in [-0.3, -0.25) is 20.2 Å². The van der Waals surface area contributed by atoms with Gasteiger partial charge in [-0.15, -0.1) is 0 Å². The molecule has 0 aliphatic carbocycles. The van der Waals surface area contributed by atoms with Crippen LogP contribution in [-0.4, -0.2) is 59.5 Å². The minimum Gasteiger partial charge on any atom is -0.466 e. The Morgan fingerprint density at radius 3 is 2.53 bits per heavy atom. The van der Waals surface area contributed by atoms with E-state index in [1.54, 1.807) is 32.2 Å². The molecule has 1 aliphatic heterocycles. The first-order valence-corrected chi connectivity index (χ1v) is 13.1. The van der Waals surface area contributed by atoms with Gasteiger partial charge in [0.1, 0.15) is 11.9 Å². The molecule has 13 nitrogen and oxygen atoms in total. The highest BCUT2D eigenvalue weighted by Crippen LogP contribution is 2.38. The van der Waals surface area contributed by atoms with Crippen LogP contribution in [0.4, 0.5) is 5.69 Å². The van der Waals surface area contributed by atoms with E-state index in [0.29, 0.717) is 13.0 Å². The molecule has 2 aromatic rings. The van der Waals surface area contributed by atoms with Crippen LogP contribution in [0.5, 0.6) is 17.5 Å². The largest absolute Gasteiger partial charge is 0.466 e. The molecule has 0 saturated heterocycles. The summed E-state index contributed by atoms with van der Waals surface area (Å²) in [4.78, 5) is 43.2. The Morgan fingerprint density at radius 1 is 1.13 bits per heavy atom. The van der Waals surface area contributed by atoms with E-state index in [1.165, 1.54) is 0 Å². The van der Waals surface area contributed by atoms with E-state index in [9.17, 15) is 19.7 Å². The molecule has 1 aliphatic rings. The van der Waals surface area contributed by atoms with Crippen LogP contribution >= 0.6 is 11.8 Å². The molecule has 0 radical (unpaired) electrons. The van der Waals surface area contributed by atoms with Crippen molar-refractivity contribution in [1.29, 1.82) is 0 Å². The van der Waals surface area contributed by atoms with Crippen LogP contribution in [0.1, 0.15) is 37.6 Å². The summed E-state index contributed by atoms with van der Waals surface area (Å²) in [6, 6.07) is 5.29. The molecule has 1 aromatic carbocycles. The van der Waals surface area contributed by atoms with Crippen molar-refractivity contribution in [3.8, 4) is 17.5 Å². The smallest absolute Gasteiger partial charge is 0.392 e. The number of hydrogen-bond donors (Lipinski definition) is 2. The second-order valence-corrected chi connectivity index (χ2v) is 8.52. The second kappa shape index (κ2) is 14.1. The highest BCUT2D eigenvalue weighted by molar-refractivity contribution is 7.98. The van der Waals surface area contributed by atoms with Gasteiger partial charge in [0.2, 0.25) is 0 Å². The molecule has 1 atom stereocenters. The first-order valence-electron chi connectivity index (χ1n) is 11.8. The first-order chi connectivity index (χ1) is 18.3. The molecule has 2 heterocycles. The van der Waals surface area contributed by atoms with Gasteiger partial charge in [-0.1, -0.05) is 23.9 Å². The van der Waals surface area contributed by atoms with Crippen LogP contribution in [-0.2, 0) is 25.5 Å². The van der Waals surface area contributed by atoms with Gasteiger partial charge in [0.25, 0.3) is 0 Å². The molecule has 3 rings (SSSR count). The van der Waals surface area contributed by atoms with Gasteiger partial charge in [0.15, 0.2) is 11.8 Å². The number of carbonyl (C=O) groups is 2. The van der Waals surface area contributed by atoms with Crippen LogP contribution in [0.25, 0.3) is 0 Å². The predicted octanol–water partition coefficient (Wildman–Crippen LogP) is 3.04. The normalized spacial score (nSPS) is 14.3. The standard InChI is InChI=1S/C24H29N5O8S/c1-4-34-18(30)8-7-15-11-16(21-25-9-6-10-26-21)13-17(12-15)37-23-20(29(32)33)22(27-24(28-23)38-3)36-14-19(31)35-5-2/h6,9,11-13,21,25-26H,4-5,7-8,10,14H2,1-3H3. The van der Waals surface area contributed by atoms with E-state index in [2.05, 4.69) is 20.6 Å². The summed E-state index contributed by atoms with van der Waals surface area (Å²) < 4.78 is 21.1. The summed E-state index contributed by atoms with van der Waals surface area (Å²) in [5, 5.41) is 18.6. The van der Waals surface area contributed by atoms with Crippen LogP contribution in [0.3, 0.4) is 0 Å². The van der Waals surface area contributed by atoms with Gasteiger partial charge in [-0.2, -0.15) is 9.97 Å².